The first-order valence-electron chi connectivity index (χ1n) is 6.36. The number of aldehydes is 1. The number of nitrogens with one attached hydrogen (secondary N) is 1. The molecule has 2 rings (SSSR count). The number of para-hydroxylation sites is 1. The smallest absolute Gasteiger partial charge is 0.142 e. The minimum Gasteiger partial charge on any atom is -0.378 e. The van der Waals surface area contributed by atoms with Crippen LogP contribution in [0.3, 0.4) is 0 Å². The standard InChI is InChI=1S/C17H17NO/c19-13-7-12-17(14-15-8-3-1-4-9-15)18-16-10-5-2-6-11-16/h1-13,17-18H,14H2. The fourth-order valence-corrected chi connectivity index (χ4v) is 1.96. The Morgan fingerprint density at radius 1 is 0.947 bits per heavy atom. The number of hydrogen-bond acceptors (Lipinski definition) is 2. The summed E-state index contributed by atoms with van der Waals surface area (Å²) in [5.41, 5.74) is 2.30. The van der Waals surface area contributed by atoms with Gasteiger partial charge in [-0.2, -0.15) is 0 Å². The molecule has 0 fully saturated rings. The van der Waals surface area contributed by atoms with Crippen molar-refractivity contribution in [2.45, 2.75) is 12.5 Å². The summed E-state index contributed by atoms with van der Waals surface area (Å²) in [4.78, 5) is 10.5. The van der Waals surface area contributed by atoms with Crippen molar-refractivity contribution in [1.82, 2.24) is 0 Å². The number of allylic oxidation sites excluding steroid dienone is 1. The topological polar surface area (TPSA) is 29.1 Å². The van der Waals surface area contributed by atoms with Gasteiger partial charge in [0, 0.05) is 11.7 Å². The zero-order valence-electron chi connectivity index (χ0n) is 10.7. The molecule has 0 aliphatic rings. The Morgan fingerprint density at radius 2 is 1.58 bits per heavy atom. The third kappa shape index (κ3) is 4.43. The molecule has 1 atom stereocenters. The molecule has 0 heterocycles. The molecular formula is C17H17NO. The van der Waals surface area contributed by atoms with E-state index >= 15 is 0 Å². The Kier molecular flexibility index (Phi) is 4.94. The van der Waals surface area contributed by atoms with Gasteiger partial charge in [0.15, 0.2) is 0 Å². The van der Waals surface area contributed by atoms with Crippen LogP contribution in [0.15, 0.2) is 72.8 Å². The van der Waals surface area contributed by atoms with Gasteiger partial charge in [-0.05, 0) is 30.2 Å². The first-order valence-corrected chi connectivity index (χ1v) is 6.36. The molecule has 2 aromatic rings. The number of carbonyl (C=O) groups excluding carboxylic acids is 1. The van der Waals surface area contributed by atoms with Crippen LogP contribution in [0.5, 0.6) is 0 Å². The van der Waals surface area contributed by atoms with E-state index in [-0.39, 0.29) is 6.04 Å². The van der Waals surface area contributed by atoms with Crippen molar-refractivity contribution in [3.63, 3.8) is 0 Å². The van der Waals surface area contributed by atoms with Crippen molar-refractivity contribution < 1.29 is 4.79 Å². The van der Waals surface area contributed by atoms with Crippen LogP contribution in [0.25, 0.3) is 0 Å². The second-order valence-electron chi connectivity index (χ2n) is 4.33. The lowest BCUT2D eigenvalue weighted by atomic mass is 10.1. The number of benzene rings is 2. The van der Waals surface area contributed by atoms with Crippen molar-refractivity contribution in [3.8, 4) is 0 Å². The average molecular weight is 251 g/mol. The largest absolute Gasteiger partial charge is 0.378 e. The van der Waals surface area contributed by atoms with Gasteiger partial charge >= 0.3 is 0 Å². The highest BCUT2D eigenvalue weighted by Crippen LogP contribution is 2.11. The summed E-state index contributed by atoms with van der Waals surface area (Å²) in [5, 5.41) is 3.42. The summed E-state index contributed by atoms with van der Waals surface area (Å²) in [6, 6.07) is 20.4. The van der Waals surface area contributed by atoms with Gasteiger partial charge in [0.05, 0.1) is 0 Å². The summed E-state index contributed by atoms with van der Waals surface area (Å²) in [5.74, 6) is 0. The fourth-order valence-electron chi connectivity index (χ4n) is 1.96. The van der Waals surface area contributed by atoms with E-state index in [0.29, 0.717) is 0 Å². The molecule has 2 heteroatoms. The maximum atomic E-state index is 10.5. The third-order valence-electron chi connectivity index (χ3n) is 2.85. The quantitative estimate of drug-likeness (QED) is 0.629. The van der Waals surface area contributed by atoms with E-state index in [1.54, 1.807) is 6.08 Å². The second kappa shape index (κ2) is 7.17. The van der Waals surface area contributed by atoms with Crippen LogP contribution >= 0.6 is 0 Å². The molecule has 0 aliphatic heterocycles. The van der Waals surface area contributed by atoms with Gasteiger partial charge in [0.1, 0.15) is 6.29 Å². The molecule has 0 aromatic heterocycles. The zero-order chi connectivity index (χ0) is 13.3. The van der Waals surface area contributed by atoms with E-state index < -0.39 is 0 Å². The Bertz CT molecular complexity index is 478. The molecule has 0 saturated heterocycles. The summed E-state index contributed by atoms with van der Waals surface area (Å²) in [7, 11) is 0. The molecular weight excluding hydrogens is 234 g/mol. The van der Waals surface area contributed by atoms with Gasteiger partial charge < -0.3 is 5.32 Å². The Hall–Kier alpha value is -2.35. The van der Waals surface area contributed by atoms with E-state index in [4.69, 9.17) is 0 Å². The number of anilines is 1. The van der Waals surface area contributed by atoms with Crippen molar-refractivity contribution in [2.24, 2.45) is 0 Å². The average Bonchev–Trinajstić information content (AvgIpc) is 2.47. The van der Waals surface area contributed by atoms with E-state index in [1.807, 2.05) is 54.6 Å². The Morgan fingerprint density at radius 3 is 2.21 bits per heavy atom. The van der Waals surface area contributed by atoms with Gasteiger partial charge in [0.2, 0.25) is 0 Å². The van der Waals surface area contributed by atoms with Crippen molar-refractivity contribution in [1.29, 1.82) is 0 Å². The van der Waals surface area contributed by atoms with Gasteiger partial charge in [-0.25, -0.2) is 0 Å². The van der Waals surface area contributed by atoms with Crippen LogP contribution in [0, 0.1) is 0 Å². The molecule has 0 aliphatic carbocycles. The molecule has 2 nitrogen and oxygen atoms in total. The lowest BCUT2D eigenvalue weighted by Crippen LogP contribution is -2.19. The number of carbonyl (C=O) groups is 1. The molecule has 0 bridgehead atoms. The lowest BCUT2D eigenvalue weighted by molar-refractivity contribution is -0.104. The van der Waals surface area contributed by atoms with Crippen LogP contribution in [0.1, 0.15) is 5.56 Å². The normalized spacial score (nSPS) is 12.2. The predicted molar refractivity (Wildman–Crippen MR) is 79.2 cm³/mol. The maximum Gasteiger partial charge on any atom is 0.142 e. The number of hydrogen-bond donors (Lipinski definition) is 1. The molecule has 19 heavy (non-hydrogen) atoms. The maximum absolute atomic E-state index is 10.5. The summed E-state index contributed by atoms with van der Waals surface area (Å²) >= 11 is 0. The molecule has 1 N–H and O–H groups in total. The molecule has 0 spiro atoms. The number of rotatable bonds is 6. The highest BCUT2D eigenvalue weighted by Gasteiger charge is 2.05. The van der Waals surface area contributed by atoms with E-state index in [2.05, 4.69) is 17.4 Å². The molecule has 96 valence electrons. The second-order valence-corrected chi connectivity index (χ2v) is 4.33. The molecule has 0 radical (unpaired) electrons. The van der Waals surface area contributed by atoms with Gasteiger partial charge in [0.25, 0.3) is 0 Å². The van der Waals surface area contributed by atoms with E-state index in [0.717, 1.165) is 18.4 Å². The SMILES string of the molecule is O=CC=CC(Cc1ccccc1)Nc1ccccc1. The third-order valence-corrected chi connectivity index (χ3v) is 2.85. The Balaban J connectivity index is 2.08. The minimum absolute atomic E-state index is 0.106. The highest BCUT2D eigenvalue weighted by molar-refractivity contribution is 5.65. The molecule has 1 unspecified atom stereocenters. The summed E-state index contributed by atoms with van der Waals surface area (Å²) < 4.78 is 0. The monoisotopic (exact) mass is 251 g/mol. The molecule has 0 saturated carbocycles. The van der Waals surface area contributed by atoms with Crippen LogP contribution < -0.4 is 5.32 Å². The van der Waals surface area contributed by atoms with Crippen molar-refractivity contribution in [3.05, 3.63) is 78.4 Å². The van der Waals surface area contributed by atoms with Crippen LogP contribution in [0.4, 0.5) is 5.69 Å². The van der Waals surface area contributed by atoms with Gasteiger partial charge in [-0.15, -0.1) is 0 Å². The van der Waals surface area contributed by atoms with Crippen LogP contribution in [-0.2, 0) is 11.2 Å². The minimum atomic E-state index is 0.106. The Labute approximate surface area is 113 Å². The van der Waals surface area contributed by atoms with Crippen molar-refractivity contribution in [2.75, 3.05) is 5.32 Å². The summed E-state index contributed by atoms with van der Waals surface area (Å²) in [6.45, 7) is 0. The fraction of sp³-hybridized carbons (Fsp3) is 0.118. The molecule has 0 amide bonds. The van der Waals surface area contributed by atoms with Crippen LogP contribution in [-0.4, -0.2) is 12.3 Å². The zero-order valence-corrected chi connectivity index (χ0v) is 10.7. The highest BCUT2D eigenvalue weighted by atomic mass is 16.1. The van der Waals surface area contributed by atoms with Crippen LogP contribution in [0.2, 0.25) is 0 Å². The first-order chi connectivity index (χ1) is 9.38. The van der Waals surface area contributed by atoms with Gasteiger partial charge in [-0.1, -0.05) is 54.6 Å². The van der Waals surface area contributed by atoms with Crippen molar-refractivity contribution >= 4 is 12.0 Å². The lowest BCUT2D eigenvalue weighted by Gasteiger charge is -2.16. The first kappa shape index (κ1) is 13.1. The predicted octanol–water partition coefficient (Wildman–Crippen LogP) is 3.46. The van der Waals surface area contributed by atoms with E-state index in [9.17, 15) is 4.79 Å². The van der Waals surface area contributed by atoms with E-state index in [1.165, 1.54) is 5.56 Å². The molecule has 2 aromatic carbocycles. The van der Waals surface area contributed by atoms with Gasteiger partial charge in [-0.3, -0.25) is 4.79 Å². The summed E-state index contributed by atoms with van der Waals surface area (Å²) in [6.07, 6.45) is 5.10.